The molecule has 8 rings (SSSR count). The van der Waals surface area contributed by atoms with E-state index in [0.29, 0.717) is 50.2 Å². The second-order valence-corrected chi connectivity index (χ2v) is 15.6. The van der Waals surface area contributed by atoms with E-state index < -0.39 is 41.2 Å². The van der Waals surface area contributed by atoms with Crippen LogP contribution in [0.15, 0.2) is 67.3 Å². The number of hydrogen-bond donors (Lipinski definition) is 4. The fraction of sp³-hybridized carbons (Fsp3) is 0.316. The van der Waals surface area contributed by atoms with E-state index in [0.717, 1.165) is 41.2 Å². The van der Waals surface area contributed by atoms with E-state index >= 15 is 0 Å². The summed E-state index contributed by atoms with van der Waals surface area (Å²) in [4.78, 5) is 53.7. The number of carbonyl (C=O) groups excluding carboxylic acids is 2. The highest BCUT2D eigenvalue weighted by Gasteiger charge is 2.44. The number of carbonyl (C=O) groups is 2. The molecule has 0 saturated carbocycles. The van der Waals surface area contributed by atoms with Crippen LogP contribution in [0.3, 0.4) is 0 Å². The van der Waals surface area contributed by atoms with Crippen molar-refractivity contribution in [2.45, 2.75) is 36.9 Å². The number of nitrogens with zero attached hydrogens (tertiary/aromatic N) is 8. The number of halogens is 6. The lowest BCUT2D eigenvalue weighted by atomic mass is 9.81. The first-order valence-electron chi connectivity index (χ1n) is 18.3. The summed E-state index contributed by atoms with van der Waals surface area (Å²) in [5.74, 6) is 0.578. The van der Waals surface area contributed by atoms with Crippen molar-refractivity contribution in [1.29, 1.82) is 0 Å². The van der Waals surface area contributed by atoms with Gasteiger partial charge in [0.1, 0.15) is 24.4 Å². The molecule has 16 nitrogen and oxygen atoms in total. The van der Waals surface area contributed by atoms with Gasteiger partial charge < -0.3 is 29.5 Å². The van der Waals surface area contributed by atoms with Crippen LogP contribution in [-0.2, 0) is 18.0 Å². The zero-order valence-corrected chi connectivity index (χ0v) is 34.0. The van der Waals surface area contributed by atoms with Gasteiger partial charge in [-0.2, -0.15) is 36.3 Å². The highest BCUT2D eigenvalue weighted by atomic mass is 32.1. The monoisotopic (exact) mass is 906 g/mol. The number of nitrogens with one attached hydrogen (secondary N) is 2. The zero-order chi connectivity index (χ0) is 44.4. The molecule has 2 aliphatic rings. The summed E-state index contributed by atoms with van der Waals surface area (Å²) in [6.07, 6.45) is -5.73. The summed E-state index contributed by atoms with van der Waals surface area (Å²) < 4.78 is 88.1. The number of amides is 4. The molecule has 4 aromatic heterocycles. The number of thiazole rings is 2. The van der Waals surface area contributed by atoms with Gasteiger partial charge in [0, 0.05) is 27.5 Å². The molecule has 2 atom stereocenters. The molecule has 1 saturated heterocycles. The fourth-order valence-corrected chi connectivity index (χ4v) is 8.21. The largest absolute Gasteiger partial charge is 0.479 e. The van der Waals surface area contributed by atoms with Gasteiger partial charge in [-0.15, -0.1) is 0 Å². The molecule has 6 heterocycles. The number of aliphatic hydroxyl groups is 2. The van der Waals surface area contributed by atoms with Gasteiger partial charge in [-0.3, -0.25) is 10.6 Å². The number of hydrogen-bond acceptors (Lipinski definition) is 14. The molecule has 4 amide bonds. The molecular weight excluding hydrogens is 871 g/mol. The number of likely N-dealkylation sites (tertiary alicyclic amines) is 1. The maximum Gasteiger partial charge on any atom is 0.416 e. The summed E-state index contributed by atoms with van der Waals surface area (Å²) in [6, 6.07) is 8.49. The van der Waals surface area contributed by atoms with Gasteiger partial charge in [0.05, 0.1) is 31.9 Å². The topological polar surface area (TPSA) is 201 Å². The van der Waals surface area contributed by atoms with E-state index in [1.54, 1.807) is 17.0 Å². The van der Waals surface area contributed by atoms with Crippen LogP contribution in [0.2, 0.25) is 0 Å². The molecule has 62 heavy (non-hydrogen) atoms. The van der Waals surface area contributed by atoms with Gasteiger partial charge in [0.15, 0.2) is 31.0 Å². The smallest absolute Gasteiger partial charge is 0.416 e. The molecular formula is C38H36F6N10O6S2. The molecule has 1 fully saturated rings. The number of β-amino-alcohol motifs (C(OH)–C–C–N with tert-alkyl or cyclic N) is 1. The molecule has 24 heteroatoms. The van der Waals surface area contributed by atoms with Crippen molar-refractivity contribution in [3.8, 4) is 11.8 Å². The summed E-state index contributed by atoms with van der Waals surface area (Å²) in [6.45, 7) is 0.379. The third-order valence-corrected chi connectivity index (χ3v) is 11.6. The van der Waals surface area contributed by atoms with Crippen LogP contribution in [0.1, 0.15) is 36.5 Å². The molecule has 4 N–H and O–H groups in total. The van der Waals surface area contributed by atoms with Crippen molar-refractivity contribution in [1.82, 2.24) is 39.7 Å². The van der Waals surface area contributed by atoms with Crippen LogP contribution in [0, 0.1) is 0 Å². The number of fused-ring (bicyclic) bond motifs is 2. The van der Waals surface area contributed by atoms with E-state index in [-0.39, 0.29) is 50.1 Å². The predicted octanol–water partition coefficient (Wildman–Crippen LogP) is 7.28. The normalized spacial score (nSPS) is 18.2. The molecule has 0 spiro atoms. The first kappa shape index (κ1) is 43.8. The van der Waals surface area contributed by atoms with Gasteiger partial charge >= 0.3 is 24.4 Å². The lowest BCUT2D eigenvalue weighted by Crippen LogP contribution is -2.55. The highest BCUT2D eigenvalue weighted by Crippen LogP contribution is 2.38. The van der Waals surface area contributed by atoms with E-state index in [1.807, 2.05) is 0 Å². The van der Waals surface area contributed by atoms with Gasteiger partial charge in [0.25, 0.3) is 0 Å². The van der Waals surface area contributed by atoms with Gasteiger partial charge in [-0.1, -0.05) is 53.0 Å². The number of benzene rings is 2. The Morgan fingerprint density at radius 1 is 0.806 bits per heavy atom. The maximum absolute atomic E-state index is 13.0. The summed E-state index contributed by atoms with van der Waals surface area (Å²) in [7, 11) is 2.90. The van der Waals surface area contributed by atoms with Gasteiger partial charge in [-0.25, -0.2) is 29.5 Å². The van der Waals surface area contributed by atoms with Crippen LogP contribution in [0.4, 0.5) is 46.2 Å². The molecule has 2 aromatic carbocycles. The molecule has 2 aliphatic heterocycles. The minimum atomic E-state index is -4.58. The van der Waals surface area contributed by atoms with E-state index in [2.05, 4.69) is 40.5 Å². The number of alkyl halides is 6. The second-order valence-electron chi connectivity index (χ2n) is 13.7. The van der Waals surface area contributed by atoms with Crippen LogP contribution < -0.4 is 20.1 Å². The lowest BCUT2D eigenvalue weighted by molar-refractivity contribution is -0.139. The standard InChI is InChI=1S/C19H18F3N5O4S.C19H16F3N5O2S.H2/c1-31-14-13-15(24-9-23-14)32-16(25-13)26-17(29)27-6-5-18(30,12(28)8-27)10-3-2-4-11(7-10)19(20,21)22;1-29-15-14-16(24-10-23-15)30-17(25-14)26-18(28)27-7-5-11(6-8-27)12-3-2-4-13(9-12)19(20,21)22;/h2-4,7,9,12,28,30H,5-6,8H2,1H3,(H,25,26,29);2-5,9-10H,6-8H2,1H3,(H,25,26,28);1H/t12-,18-;;/m1../s1. The number of methoxy groups -OCH3 is 2. The van der Waals surface area contributed by atoms with E-state index in [1.165, 1.54) is 61.3 Å². The van der Waals surface area contributed by atoms with Crippen molar-refractivity contribution in [3.05, 3.63) is 89.5 Å². The Hall–Kier alpha value is -6.24. The first-order valence-corrected chi connectivity index (χ1v) is 20.0. The molecule has 0 bridgehead atoms. The van der Waals surface area contributed by atoms with E-state index in [9.17, 15) is 46.1 Å². The molecule has 0 aliphatic carbocycles. The van der Waals surface area contributed by atoms with Crippen LogP contribution in [0.25, 0.3) is 26.3 Å². The molecule has 328 valence electrons. The number of urea groups is 2. The number of aliphatic hydroxyl groups excluding tert-OH is 1. The van der Waals surface area contributed by atoms with Gasteiger partial charge in [0.2, 0.25) is 11.8 Å². The molecule has 0 unspecified atom stereocenters. The molecule has 0 radical (unpaired) electrons. The Labute approximate surface area is 356 Å². The predicted molar refractivity (Wildman–Crippen MR) is 217 cm³/mol. The third kappa shape index (κ3) is 9.46. The van der Waals surface area contributed by atoms with Crippen molar-refractivity contribution in [2.24, 2.45) is 0 Å². The van der Waals surface area contributed by atoms with Crippen molar-refractivity contribution in [2.75, 3.05) is 51.0 Å². The minimum absolute atomic E-state index is 0. The number of ether oxygens (including phenoxy) is 2. The number of rotatable bonds is 6. The van der Waals surface area contributed by atoms with Crippen molar-refractivity contribution in [3.63, 3.8) is 0 Å². The van der Waals surface area contributed by atoms with Crippen molar-refractivity contribution < 1.29 is 57.0 Å². The Kier molecular flexibility index (Phi) is 12.5. The summed E-state index contributed by atoms with van der Waals surface area (Å²) >= 11 is 2.30. The average molecular weight is 907 g/mol. The van der Waals surface area contributed by atoms with Crippen LogP contribution in [0.5, 0.6) is 11.8 Å². The zero-order valence-electron chi connectivity index (χ0n) is 32.4. The van der Waals surface area contributed by atoms with Crippen LogP contribution >= 0.6 is 22.7 Å². The van der Waals surface area contributed by atoms with Crippen molar-refractivity contribution >= 4 is 71.3 Å². The average Bonchev–Trinajstić information content (AvgIpc) is 3.87. The summed E-state index contributed by atoms with van der Waals surface area (Å²) in [5, 5.41) is 27.4. The highest BCUT2D eigenvalue weighted by molar-refractivity contribution is 7.22. The Morgan fingerprint density at radius 2 is 1.35 bits per heavy atom. The maximum atomic E-state index is 13.0. The van der Waals surface area contributed by atoms with Gasteiger partial charge in [-0.05, 0) is 47.4 Å². The first-order chi connectivity index (χ1) is 29.5. The summed E-state index contributed by atoms with van der Waals surface area (Å²) in [5.41, 5.74) is -1.44. The Balaban J connectivity index is 0.000000207. The number of piperidine rings is 1. The third-order valence-electron chi connectivity index (χ3n) is 9.88. The SMILES string of the molecule is COc1ncnc2sc(NC(=O)N3CC=C(c4cccc(C(F)(F)F)c4)CC3)nc12.COc1ncnc2sc(NC(=O)N3CC[C@@](O)(c4cccc(C(F)(F)F)c4)[C@H](O)C3)nc12.[HH]. The number of aromatic nitrogens is 6. The number of anilines is 2. The van der Waals surface area contributed by atoms with Crippen LogP contribution in [-0.4, -0.2) is 108 Å². The Bertz CT molecular complexity index is 2650. The lowest BCUT2D eigenvalue weighted by Gasteiger charge is -2.42. The van der Waals surface area contributed by atoms with E-state index in [4.69, 9.17) is 9.47 Å². The quantitative estimate of drug-likeness (QED) is 0.122. The Morgan fingerprint density at radius 3 is 1.87 bits per heavy atom. The second kappa shape index (κ2) is 17.6. The fourth-order valence-electron chi connectivity index (χ4n) is 6.63. The minimum Gasteiger partial charge on any atom is -0.479 e. The molecule has 6 aromatic rings.